The van der Waals surface area contributed by atoms with Gasteiger partial charge in [0.2, 0.25) is 0 Å². The van der Waals surface area contributed by atoms with E-state index in [2.05, 4.69) is 10.5 Å². The van der Waals surface area contributed by atoms with E-state index in [-0.39, 0.29) is 16.5 Å². The summed E-state index contributed by atoms with van der Waals surface area (Å²) >= 11 is 5.85. The van der Waals surface area contributed by atoms with Crippen molar-refractivity contribution in [2.45, 2.75) is 13.1 Å². The molecule has 0 saturated carbocycles. The number of nitrogens with one attached hydrogen (secondary N) is 1. The summed E-state index contributed by atoms with van der Waals surface area (Å²) < 4.78 is 43.3. The summed E-state index contributed by atoms with van der Waals surface area (Å²) in [6.07, 6.45) is -3.22. The van der Waals surface area contributed by atoms with Gasteiger partial charge in [0.25, 0.3) is 0 Å². The summed E-state index contributed by atoms with van der Waals surface area (Å²) in [5.74, 6) is 0.179. The largest absolute Gasteiger partial charge is 0.504 e. The fourth-order valence-electron chi connectivity index (χ4n) is 1.87. The first kappa shape index (κ1) is 17.9. The van der Waals surface area contributed by atoms with Crippen molar-refractivity contribution in [3.05, 3.63) is 52.5 Å². The number of nitrogens with zero attached hydrogens (tertiary/aromatic N) is 1. The Morgan fingerprint density at radius 3 is 2.71 bits per heavy atom. The number of hydrogen-bond donors (Lipinski definition) is 2. The van der Waals surface area contributed by atoms with Crippen LogP contribution in [0.3, 0.4) is 0 Å². The molecule has 2 aromatic rings. The lowest BCUT2D eigenvalue weighted by molar-refractivity contribution is -0.137. The molecule has 0 aliphatic rings. The van der Waals surface area contributed by atoms with Crippen LogP contribution in [-0.4, -0.2) is 17.9 Å². The van der Waals surface area contributed by atoms with Gasteiger partial charge >= 0.3 is 6.18 Å². The van der Waals surface area contributed by atoms with E-state index in [1.807, 2.05) is 0 Å². The molecule has 24 heavy (non-hydrogen) atoms. The minimum absolute atomic E-state index is 0.00296. The summed E-state index contributed by atoms with van der Waals surface area (Å²) in [6, 6.07) is 7.70. The number of para-hydroxylation sites is 1. The summed E-state index contributed by atoms with van der Waals surface area (Å²) in [4.78, 5) is 0. The normalized spacial score (nSPS) is 11.7. The van der Waals surface area contributed by atoms with Crippen LogP contribution < -0.4 is 10.2 Å². The van der Waals surface area contributed by atoms with Crippen molar-refractivity contribution in [2.75, 3.05) is 12.0 Å². The molecule has 0 amide bonds. The molecule has 2 rings (SSSR count). The molecule has 0 radical (unpaired) electrons. The highest BCUT2D eigenvalue weighted by molar-refractivity contribution is 6.33. The molecule has 2 aromatic carbocycles. The summed E-state index contributed by atoms with van der Waals surface area (Å²) in [6.45, 7) is 2.16. The minimum atomic E-state index is -4.48. The number of hydrogen-bond acceptors (Lipinski definition) is 4. The summed E-state index contributed by atoms with van der Waals surface area (Å²) in [5, 5.41) is 13.9. The first-order valence-electron chi connectivity index (χ1n) is 6.93. The Morgan fingerprint density at radius 1 is 1.29 bits per heavy atom. The van der Waals surface area contributed by atoms with Gasteiger partial charge in [-0.2, -0.15) is 18.3 Å². The van der Waals surface area contributed by atoms with Gasteiger partial charge in [-0.25, -0.2) is 0 Å². The Morgan fingerprint density at radius 2 is 2.04 bits per heavy atom. The fraction of sp³-hybridized carbons (Fsp3) is 0.188. The number of phenolic OH excluding ortho intramolecular Hbond substituents is 1. The third-order valence-electron chi connectivity index (χ3n) is 3.01. The van der Waals surface area contributed by atoms with Gasteiger partial charge in [-0.1, -0.05) is 17.7 Å². The van der Waals surface area contributed by atoms with Crippen LogP contribution in [-0.2, 0) is 6.18 Å². The van der Waals surface area contributed by atoms with Gasteiger partial charge in [0.1, 0.15) is 0 Å². The van der Waals surface area contributed by atoms with Crippen molar-refractivity contribution in [2.24, 2.45) is 5.10 Å². The number of rotatable bonds is 5. The minimum Gasteiger partial charge on any atom is -0.504 e. The van der Waals surface area contributed by atoms with E-state index in [0.717, 1.165) is 18.2 Å². The molecule has 0 heterocycles. The van der Waals surface area contributed by atoms with Crippen molar-refractivity contribution >= 4 is 23.5 Å². The quantitative estimate of drug-likeness (QED) is 0.590. The molecule has 2 N–H and O–H groups in total. The summed E-state index contributed by atoms with van der Waals surface area (Å²) in [7, 11) is 0. The lowest BCUT2D eigenvalue weighted by Crippen LogP contribution is -2.05. The van der Waals surface area contributed by atoms with Crippen molar-refractivity contribution in [1.29, 1.82) is 0 Å². The third-order valence-corrected chi connectivity index (χ3v) is 3.34. The molecule has 8 heteroatoms. The highest BCUT2D eigenvalue weighted by Gasteiger charge is 2.30. The second kappa shape index (κ2) is 7.44. The van der Waals surface area contributed by atoms with Crippen LogP contribution in [0.1, 0.15) is 18.1 Å². The molecule has 128 valence electrons. The maximum absolute atomic E-state index is 12.7. The van der Waals surface area contributed by atoms with Crippen molar-refractivity contribution < 1.29 is 23.0 Å². The first-order valence-corrected chi connectivity index (χ1v) is 7.31. The van der Waals surface area contributed by atoms with Crippen LogP contribution in [0.25, 0.3) is 0 Å². The Labute approximate surface area is 141 Å². The number of benzene rings is 2. The monoisotopic (exact) mass is 358 g/mol. The Balaban J connectivity index is 2.19. The maximum atomic E-state index is 12.7. The van der Waals surface area contributed by atoms with E-state index in [1.54, 1.807) is 25.1 Å². The maximum Gasteiger partial charge on any atom is 0.416 e. The zero-order chi connectivity index (χ0) is 17.7. The summed E-state index contributed by atoms with van der Waals surface area (Å²) in [5.41, 5.74) is 1.94. The molecule has 0 bridgehead atoms. The number of ether oxygens (including phenoxy) is 1. The highest BCUT2D eigenvalue weighted by Crippen LogP contribution is 2.34. The molecule has 0 aromatic heterocycles. The fourth-order valence-corrected chi connectivity index (χ4v) is 2.03. The van der Waals surface area contributed by atoms with Crippen LogP contribution in [0.5, 0.6) is 11.5 Å². The predicted molar refractivity (Wildman–Crippen MR) is 86.9 cm³/mol. The predicted octanol–water partition coefficient (Wildman–Crippen LogP) is 4.91. The SMILES string of the molecule is CCOc1cccc(/C=N\Nc2cc(C(F)(F)F)ccc2Cl)c1O. The Bertz CT molecular complexity index is 749. The van der Waals surface area contributed by atoms with Gasteiger partial charge in [0.05, 0.1) is 29.1 Å². The number of alkyl halides is 3. The van der Waals surface area contributed by atoms with Crippen molar-refractivity contribution in [1.82, 2.24) is 0 Å². The van der Waals surface area contributed by atoms with Crippen LogP contribution in [0.2, 0.25) is 5.02 Å². The van der Waals surface area contributed by atoms with Crippen molar-refractivity contribution in [3.63, 3.8) is 0 Å². The van der Waals surface area contributed by atoms with Crippen LogP contribution in [0, 0.1) is 0 Å². The molecule has 0 spiro atoms. The molecule has 4 nitrogen and oxygen atoms in total. The van der Waals surface area contributed by atoms with E-state index < -0.39 is 11.7 Å². The number of phenols is 1. The lowest BCUT2D eigenvalue weighted by Gasteiger charge is -2.10. The molecule has 0 unspecified atom stereocenters. The molecule has 0 saturated heterocycles. The van der Waals surface area contributed by atoms with Gasteiger partial charge in [0, 0.05) is 5.56 Å². The third kappa shape index (κ3) is 4.32. The Kier molecular flexibility index (Phi) is 5.56. The van der Waals surface area contributed by atoms with E-state index in [1.165, 1.54) is 6.21 Å². The average molecular weight is 359 g/mol. The number of aromatic hydroxyl groups is 1. The van der Waals surface area contributed by atoms with Gasteiger partial charge < -0.3 is 9.84 Å². The van der Waals surface area contributed by atoms with Crippen LogP contribution in [0.15, 0.2) is 41.5 Å². The molecule has 0 aliphatic carbocycles. The van der Waals surface area contributed by atoms with Gasteiger partial charge in [-0.05, 0) is 37.3 Å². The lowest BCUT2D eigenvalue weighted by atomic mass is 10.2. The second-order valence-electron chi connectivity index (χ2n) is 4.69. The van der Waals surface area contributed by atoms with E-state index in [4.69, 9.17) is 16.3 Å². The number of halogens is 4. The number of anilines is 1. The topological polar surface area (TPSA) is 53.8 Å². The van der Waals surface area contributed by atoms with Gasteiger partial charge in [0.15, 0.2) is 11.5 Å². The molecular formula is C16H14ClF3N2O2. The first-order chi connectivity index (χ1) is 11.3. The second-order valence-corrected chi connectivity index (χ2v) is 5.10. The number of hydrazone groups is 1. The average Bonchev–Trinajstić information content (AvgIpc) is 2.51. The van der Waals surface area contributed by atoms with Gasteiger partial charge in [-0.15, -0.1) is 0 Å². The smallest absolute Gasteiger partial charge is 0.416 e. The zero-order valence-electron chi connectivity index (χ0n) is 12.6. The molecular weight excluding hydrogens is 345 g/mol. The molecule has 0 fully saturated rings. The molecule has 0 aliphatic heterocycles. The van der Waals surface area contributed by atoms with Crippen LogP contribution in [0.4, 0.5) is 18.9 Å². The van der Waals surface area contributed by atoms with E-state index >= 15 is 0 Å². The standard InChI is InChI=1S/C16H14ClF3N2O2/c1-2-24-14-5-3-4-10(15(14)23)9-21-22-13-8-11(16(18,19)20)6-7-12(13)17/h3-9,22-23H,2H2,1H3/b21-9-. The van der Waals surface area contributed by atoms with Gasteiger partial charge in [-0.3, -0.25) is 5.43 Å². The molecule has 0 atom stereocenters. The Hall–Kier alpha value is -2.41. The zero-order valence-corrected chi connectivity index (χ0v) is 13.3. The highest BCUT2D eigenvalue weighted by atomic mass is 35.5. The van der Waals surface area contributed by atoms with E-state index in [0.29, 0.717) is 17.9 Å². The van der Waals surface area contributed by atoms with E-state index in [9.17, 15) is 18.3 Å². The van der Waals surface area contributed by atoms with Crippen LogP contribution >= 0.6 is 11.6 Å². The van der Waals surface area contributed by atoms with Crippen molar-refractivity contribution in [3.8, 4) is 11.5 Å².